The molecular weight excluding hydrogens is 378 g/mol. The molecule has 2 heterocycles. The maximum atomic E-state index is 12.4. The first-order valence-electron chi connectivity index (χ1n) is 8.74. The molecule has 0 fully saturated rings. The number of rotatable bonds is 5. The van der Waals surface area contributed by atoms with Crippen molar-refractivity contribution in [3.8, 4) is 10.7 Å². The summed E-state index contributed by atoms with van der Waals surface area (Å²) < 4.78 is 10.6. The van der Waals surface area contributed by atoms with Crippen LogP contribution in [0.5, 0.6) is 0 Å². The monoisotopic (exact) mass is 399 g/mol. The molecule has 0 radical (unpaired) electrons. The van der Waals surface area contributed by atoms with Crippen LogP contribution in [0, 0.1) is 0 Å². The lowest BCUT2D eigenvalue weighted by Gasteiger charge is -2.20. The largest absolute Gasteiger partial charge is 0.449 e. The first kappa shape index (κ1) is 19.8. The highest BCUT2D eigenvalue weighted by molar-refractivity contribution is 7.13. The van der Waals surface area contributed by atoms with E-state index in [2.05, 4.69) is 15.5 Å². The number of carbonyl (C=O) groups is 2. The highest BCUT2D eigenvalue weighted by Crippen LogP contribution is 2.24. The molecule has 1 atom stereocenters. The van der Waals surface area contributed by atoms with E-state index in [0.717, 1.165) is 4.88 Å². The number of amides is 1. The van der Waals surface area contributed by atoms with Crippen LogP contribution in [0.25, 0.3) is 10.7 Å². The molecule has 2 aromatic heterocycles. The number of nitrogens with zero attached hydrogens (tertiary/aromatic N) is 2. The van der Waals surface area contributed by atoms with Gasteiger partial charge in [0.25, 0.3) is 11.8 Å². The zero-order chi connectivity index (χ0) is 20.3. The Morgan fingerprint density at radius 3 is 2.43 bits per heavy atom. The second-order valence-electron chi connectivity index (χ2n) is 7.26. The van der Waals surface area contributed by atoms with Gasteiger partial charge in [-0.05, 0) is 63.4 Å². The van der Waals surface area contributed by atoms with E-state index in [-0.39, 0.29) is 17.3 Å². The lowest BCUT2D eigenvalue weighted by atomic mass is 10.1. The number of esters is 1. The molecule has 8 heteroatoms. The molecule has 0 saturated carbocycles. The summed E-state index contributed by atoms with van der Waals surface area (Å²) >= 11 is 1.49. The topological polar surface area (TPSA) is 94.3 Å². The van der Waals surface area contributed by atoms with E-state index in [9.17, 15) is 9.59 Å². The maximum absolute atomic E-state index is 12.4. The van der Waals surface area contributed by atoms with E-state index in [1.54, 1.807) is 31.2 Å². The molecule has 1 amide bonds. The molecule has 1 N–H and O–H groups in total. The summed E-state index contributed by atoms with van der Waals surface area (Å²) in [5, 5.41) is 8.70. The summed E-state index contributed by atoms with van der Waals surface area (Å²) in [5.74, 6) is -0.0565. The van der Waals surface area contributed by atoms with Crippen molar-refractivity contribution >= 4 is 23.2 Å². The normalized spacial score (nSPS) is 12.4. The number of thiophene rings is 1. The molecule has 3 rings (SSSR count). The second kappa shape index (κ2) is 7.93. The average molecular weight is 399 g/mol. The van der Waals surface area contributed by atoms with Gasteiger partial charge in [0, 0.05) is 11.1 Å². The quantitative estimate of drug-likeness (QED) is 0.645. The van der Waals surface area contributed by atoms with Crippen molar-refractivity contribution in [1.82, 2.24) is 15.5 Å². The third kappa shape index (κ3) is 4.83. The van der Waals surface area contributed by atoms with Gasteiger partial charge >= 0.3 is 5.97 Å². The summed E-state index contributed by atoms with van der Waals surface area (Å²) in [6, 6.07) is 10.1. The van der Waals surface area contributed by atoms with Gasteiger partial charge in [-0.2, -0.15) is 4.98 Å². The van der Waals surface area contributed by atoms with Crippen molar-refractivity contribution in [3.05, 3.63) is 58.8 Å². The zero-order valence-corrected chi connectivity index (χ0v) is 16.9. The average Bonchev–Trinajstić information content (AvgIpc) is 3.31. The smallest absolute Gasteiger partial charge is 0.338 e. The molecule has 3 aromatic rings. The molecule has 0 aliphatic carbocycles. The van der Waals surface area contributed by atoms with Crippen LogP contribution in [0.1, 0.15) is 60.4 Å². The predicted molar refractivity (Wildman–Crippen MR) is 105 cm³/mol. The maximum Gasteiger partial charge on any atom is 0.338 e. The Morgan fingerprint density at radius 1 is 1.14 bits per heavy atom. The second-order valence-corrected chi connectivity index (χ2v) is 8.21. The Labute approximate surface area is 166 Å². The van der Waals surface area contributed by atoms with E-state index < -0.39 is 12.1 Å². The third-order valence-electron chi connectivity index (χ3n) is 3.69. The summed E-state index contributed by atoms with van der Waals surface area (Å²) in [5.41, 5.74) is 0.463. The SMILES string of the molecule is CC(OC(=O)c1ccc(C(=O)NC(C)(C)C)cc1)c1nc(-c2cccs2)no1. The molecule has 0 spiro atoms. The van der Waals surface area contributed by atoms with Gasteiger partial charge < -0.3 is 14.6 Å². The van der Waals surface area contributed by atoms with Crippen molar-refractivity contribution in [3.63, 3.8) is 0 Å². The lowest BCUT2D eigenvalue weighted by Crippen LogP contribution is -2.40. The van der Waals surface area contributed by atoms with Crippen LogP contribution in [0.4, 0.5) is 0 Å². The van der Waals surface area contributed by atoms with Crippen molar-refractivity contribution in [1.29, 1.82) is 0 Å². The van der Waals surface area contributed by atoms with Gasteiger partial charge in [-0.25, -0.2) is 4.79 Å². The van der Waals surface area contributed by atoms with Crippen LogP contribution in [0.15, 0.2) is 46.3 Å². The van der Waals surface area contributed by atoms with Crippen LogP contribution in [0.2, 0.25) is 0 Å². The van der Waals surface area contributed by atoms with Crippen molar-refractivity contribution in [2.75, 3.05) is 0 Å². The Bertz CT molecular complexity index is 956. The lowest BCUT2D eigenvalue weighted by molar-refractivity contribution is 0.0265. The van der Waals surface area contributed by atoms with E-state index >= 15 is 0 Å². The van der Waals surface area contributed by atoms with Gasteiger partial charge in [0.1, 0.15) is 0 Å². The molecular formula is C20H21N3O4S. The van der Waals surface area contributed by atoms with E-state index in [1.165, 1.54) is 11.3 Å². The van der Waals surface area contributed by atoms with E-state index in [4.69, 9.17) is 9.26 Å². The van der Waals surface area contributed by atoms with Gasteiger partial charge in [-0.3, -0.25) is 4.79 Å². The van der Waals surface area contributed by atoms with E-state index in [1.807, 2.05) is 38.3 Å². The number of hydrogen-bond acceptors (Lipinski definition) is 7. The summed E-state index contributed by atoms with van der Waals surface area (Å²) in [6.07, 6.45) is -0.697. The molecule has 7 nitrogen and oxygen atoms in total. The van der Waals surface area contributed by atoms with E-state index in [0.29, 0.717) is 17.0 Å². The van der Waals surface area contributed by atoms with Crippen LogP contribution in [0.3, 0.4) is 0 Å². The molecule has 0 aliphatic rings. The number of ether oxygens (including phenoxy) is 1. The van der Waals surface area contributed by atoms with Crippen molar-refractivity contribution < 1.29 is 18.8 Å². The fourth-order valence-corrected chi connectivity index (χ4v) is 3.00. The fourth-order valence-electron chi connectivity index (χ4n) is 2.36. The predicted octanol–water partition coefficient (Wildman–Crippen LogP) is 4.24. The first-order valence-corrected chi connectivity index (χ1v) is 9.62. The third-order valence-corrected chi connectivity index (χ3v) is 4.55. The summed E-state index contributed by atoms with van der Waals surface area (Å²) in [4.78, 5) is 29.7. The minimum Gasteiger partial charge on any atom is -0.449 e. The fraction of sp³-hybridized carbons (Fsp3) is 0.300. The molecule has 0 saturated heterocycles. The molecule has 0 aliphatic heterocycles. The van der Waals surface area contributed by atoms with Gasteiger partial charge in [-0.1, -0.05) is 11.2 Å². The highest BCUT2D eigenvalue weighted by atomic mass is 32.1. The molecule has 28 heavy (non-hydrogen) atoms. The Hall–Kier alpha value is -3.00. The zero-order valence-electron chi connectivity index (χ0n) is 16.1. The van der Waals surface area contributed by atoms with Crippen LogP contribution in [-0.2, 0) is 4.74 Å². The van der Waals surface area contributed by atoms with Crippen molar-refractivity contribution in [2.24, 2.45) is 0 Å². The van der Waals surface area contributed by atoms with Crippen LogP contribution in [-0.4, -0.2) is 27.6 Å². The Kier molecular flexibility index (Phi) is 5.60. The first-order chi connectivity index (χ1) is 13.2. The van der Waals surface area contributed by atoms with Crippen molar-refractivity contribution in [2.45, 2.75) is 39.3 Å². The number of hydrogen-bond donors (Lipinski definition) is 1. The number of nitrogens with one attached hydrogen (secondary N) is 1. The molecule has 0 bridgehead atoms. The van der Waals surface area contributed by atoms with Gasteiger partial charge in [0.15, 0.2) is 6.10 Å². The minimum atomic E-state index is -0.697. The summed E-state index contributed by atoms with van der Waals surface area (Å²) in [6.45, 7) is 7.37. The van der Waals surface area contributed by atoms with Gasteiger partial charge in [0.05, 0.1) is 10.4 Å². The number of benzene rings is 1. The van der Waals surface area contributed by atoms with Gasteiger partial charge in [0.2, 0.25) is 5.82 Å². The standard InChI is InChI=1S/C20H21N3O4S/c1-12(18-21-16(23-27-18)15-6-5-11-28-15)26-19(25)14-9-7-13(8-10-14)17(24)22-20(2,3)4/h5-12H,1-4H3,(H,22,24). The summed E-state index contributed by atoms with van der Waals surface area (Å²) in [7, 11) is 0. The van der Waals surface area contributed by atoms with Crippen LogP contribution >= 0.6 is 11.3 Å². The highest BCUT2D eigenvalue weighted by Gasteiger charge is 2.21. The Balaban J connectivity index is 1.63. The number of aromatic nitrogens is 2. The van der Waals surface area contributed by atoms with Gasteiger partial charge in [-0.15, -0.1) is 11.3 Å². The van der Waals surface area contributed by atoms with Crippen LogP contribution < -0.4 is 5.32 Å². The molecule has 146 valence electrons. The molecule has 1 aromatic carbocycles. The molecule has 1 unspecified atom stereocenters. The number of carbonyl (C=O) groups excluding carboxylic acids is 2. The Morgan fingerprint density at radius 2 is 1.82 bits per heavy atom. The minimum absolute atomic E-state index is 0.201.